The summed E-state index contributed by atoms with van der Waals surface area (Å²) < 4.78 is 1.69. The van der Waals surface area contributed by atoms with Crippen LogP contribution in [0.4, 0.5) is 5.69 Å². The predicted molar refractivity (Wildman–Crippen MR) is 107 cm³/mol. The third-order valence-corrected chi connectivity index (χ3v) is 5.87. The molecule has 0 saturated carbocycles. The van der Waals surface area contributed by atoms with E-state index in [9.17, 15) is 9.59 Å². The molecule has 28 heavy (non-hydrogen) atoms. The second kappa shape index (κ2) is 7.55. The molecule has 0 radical (unpaired) electrons. The summed E-state index contributed by atoms with van der Waals surface area (Å²) in [5, 5.41) is 14.0. The molecule has 1 atom stereocenters. The fourth-order valence-corrected chi connectivity index (χ4v) is 3.89. The van der Waals surface area contributed by atoms with Crippen LogP contribution in [0.25, 0.3) is 5.00 Å². The van der Waals surface area contributed by atoms with Gasteiger partial charge in [0, 0.05) is 18.7 Å². The van der Waals surface area contributed by atoms with Crippen LogP contribution in [0.15, 0.2) is 41.9 Å². The van der Waals surface area contributed by atoms with E-state index in [-0.39, 0.29) is 24.2 Å². The molecular formula is C20H21N5O2S. The number of benzene rings is 1. The van der Waals surface area contributed by atoms with Crippen molar-refractivity contribution in [1.29, 1.82) is 0 Å². The van der Waals surface area contributed by atoms with Crippen molar-refractivity contribution in [2.24, 2.45) is 5.92 Å². The van der Waals surface area contributed by atoms with Crippen molar-refractivity contribution in [3.63, 3.8) is 0 Å². The summed E-state index contributed by atoms with van der Waals surface area (Å²) in [6.45, 7) is 4.75. The highest BCUT2D eigenvalue weighted by Crippen LogP contribution is 2.27. The average Bonchev–Trinajstić information content (AvgIpc) is 3.42. The molecule has 0 bridgehead atoms. The van der Waals surface area contributed by atoms with Gasteiger partial charge in [0.1, 0.15) is 10.7 Å². The number of carbonyl (C=O) groups is 2. The zero-order valence-corrected chi connectivity index (χ0v) is 16.6. The molecule has 1 fully saturated rings. The molecule has 0 aliphatic carbocycles. The number of thiophene rings is 1. The number of aromatic nitrogens is 3. The Hall–Kier alpha value is -3.00. The average molecular weight is 395 g/mol. The van der Waals surface area contributed by atoms with E-state index in [0.29, 0.717) is 18.8 Å². The van der Waals surface area contributed by atoms with Crippen LogP contribution in [-0.2, 0) is 16.1 Å². The van der Waals surface area contributed by atoms with Gasteiger partial charge in [-0.2, -0.15) is 0 Å². The van der Waals surface area contributed by atoms with E-state index in [2.05, 4.69) is 15.6 Å². The quantitative estimate of drug-likeness (QED) is 0.720. The van der Waals surface area contributed by atoms with Gasteiger partial charge in [0.2, 0.25) is 11.8 Å². The summed E-state index contributed by atoms with van der Waals surface area (Å²) in [6.07, 6.45) is 2.02. The number of nitrogens with zero attached hydrogens (tertiary/aromatic N) is 4. The van der Waals surface area contributed by atoms with Crippen LogP contribution in [-0.4, -0.2) is 33.4 Å². The van der Waals surface area contributed by atoms with Gasteiger partial charge in [-0.25, -0.2) is 4.68 Å². The lowest BCUT2D eigenvalue weighted by atomic mass is 10.1. The van der Waals surface area contributed by atoms with Gasteiger partial charge in [0.25, 0.3) is 0 Å². The normalized spacial score (nSPS) is 16.6. The molecule has 2 aromatic heterocycles. The van der Waals surface area contributed by atoms with E-state index in [1.165, 1.54) is 5.56 Å². The Bertz CT molecular complexity index is 1010. The summed E-state index contributed by atoms with van der Waals surface area (Å²) in [7, 11) is 0. The molecule has 1 aliphatic rings. The summed E-state index contributed by atoms with van der Waals surface area (Å²) in [5.74, 6) is -0.515. The highest BCUT2D eigenvalue weighted by Gasteiger charge is 2.35. The molecule has 1 N–H and O–H groups in total. The first-order valence-electron chi connectivity index (χ1n) is 9.11. The van der Waals surface area contributed by atoms with E-state index in [0.717, 1.165) is 16.3 Å². The van der Waals surface area contributed by atoms with Crippen LogP contribution in [0.5, 0.6) is 0 Å². The smallest absolute Gasteiger partial charge is 0.227 e. The van der Waals surface area contributed by atoms with E-state index in [1.807, 2.05) is 49.6 Å². The molecule has 1 saturated heterocycles. The minimum absolute atomic E-state index is 0.0213. The lowest BCUT2D eigenvalue weighted by molar-refractivity contribution is -0.126. The lowest BCUT2D eigenvalue weighted by Gasteiger charge is -2.18. The largest absolute Gasteiger partial charge is 0.350 e. The number of rotatable bonds is 5. The van der Waals surface area contributed by atoms with E-state index in [4.69, 9.17) is 0 Å². The zero-order valence-electron chi connectivity index (χ0n) is 15.8. The number of carbonyl (C=O) groups excluding carboxylic acids is 2. The van der Waals surface area contributed by atoms with Crippen molar-refractivity contribution in [3.8, 4) is 5.00 Å². The molecule has 144 valence electrons. The maximum Gasteiger partial charge on any atom is 0.227 e. The standard InChI is InChI=1S/C20H21N5O2S/c1-13-5-6-17(8-14(13)2)24-11-15(9-18(24)26)20(27)21-10-16-12-25(23-22-16)19-4-3-7-28-19/h3-8,12,15H,9-11H2,1-2H3,(H,21,27). The minimum Gasteiger partial charge on any atom is -0.350 e. The Morgan fingerprint density at radius 2 is 2.14 bits per heavy atom. The fraction of sp³-hybridized carbons (Fsp3) is 0.300. The second-order valence-electron chi connectivity index (χ2n) is 7.00. The van der Waals surface area contributed by atoms with Crippen molar-refractivity contribution in [3.05, 3.63) is 58.7 Å². The number of aryl methyl sites for hydroxylation is 2. The summed E-state index contributed by atoms with van der Waals surface area (Å²) in [4.78, 5) is 26.7. The van der Waals surface area contributed by atoms with Crippen LogP contribution < -0.4 is 10.2 Å². The number of hydrogen-bond donors (Lipinski definition) is 1. The predicted octanol–water partition coefficient (Wildman–Crippen LogP) is 2.61. The van der Waals surface area contributed by atoms with Crippen LogP contribution in [0.3, 0.4) is 0 Å². The first kappa shape index (κ1) is 18.4. The van der Waals surface area contributed by atoms with Crippen molar-refractivity contribution in [1.82, 2.24) is 20.3 Å². The molecule has 8 heteroatoms. The fourth-order valence-electron chi connectivity index (χ4n) is 3.24. The SMILES string of the molecule is Cc1ccc(N2CC(C(=O)NCc3cn(-c4cccs4)nn3)CC2=O)cc1C. The molecule has 4 rings (SSSR count). The van der Waals surface area contributed by atoms with Crippen LogP contribution in [0.1, 0.15) is 23.2 Å². The van der Waals surface area contributed by atoms with Crippen LogP contribution in [0.2, 0.25) is 0 Å². The van der Waals surface area contributed by atoms with Gasteiger partial charge in [-0.1, -0.05) is 11.3 Å². The topological polar surface area (TPSA) is 80.1 Å². The Balaban J connectivity index is 1.36. The highest BCUT2D eigenvalue weighted by molar-refractivity contribution is 7.12. The summed E-state index contributed by atoms with van der Waals surface area (Å²) >= 11 is 1.56. The first-order chi connectivity index (χ1) is 13.5. The first-order valence-corrected chi connectivity index (χ1v) is 9.99. The maximum atomic E-state index is 12.6. The summed E-state index contributed by atoms with van der Waals surface area (Å²) in [6, 6.07) is 9.83. The van der Waals surface area contributed by atoms with Crippen molar-refractivity contribution < 1.29 is 9.59 Å². The van der Waals surface area contributed by atoms with Gasteiger partial charge in [-0.3, -0.25) is 9.59 Å². The molecular weight excluding hydrogens is 374 g/mol. The van der Waals surface area contributed by atoms with E-state index in [1.54, 1.807) is 27.1 Å². The molecule has 1 unspecified atom stereocenters. The minimum atomic E-state index is -0.360. The molecule has 0 spiro atoms. The summed E-state index contributed by atoms with van der Waals surface area (Å²) in [5.41, 5.74) is 3.84. The molecule has 1 aliphatic heterocycles. The number of anilines is 1. The maximum absolute atomic E-state index is 12.6. The highest BCUT2D eigenvalue weighted by atomic mass is 32.1. The Morgan fingerprint density at radius 3 is 2.89 bits per heavy atom. The Labute approximate surface area is 167 Å². The van der Waals surface area contributed by atoms with Crippen molar-refractivity contribution >= 4 is 28.8 Å². The van der Waals surface area contributed by atoms with Crippen molar-refractivity contribution in [2.75, 3.05) is 11.4 Å². The van der Waals surface area contributed by atoms with E-state index < -0.39 is 0 Å². The molecule has 1 aromatic carbocycles. The monoisotopic (exact) mass is 395 g/mol. The molecule has 3 heterocycles. The number of amides is 2. The van der Waals surface area contributed by atoms with Gasteiger partial charge >= 0.3 is 0 Å². The third kappa shape index (κ3) is 3.68. The second-order valence-corrected chi connectivity index (χ2v) is 7.92. The molecule has 2 amide bonds. The van der Waals surface area contributed by atoms with Gasteiger partial charge in [0.15, 0.2) is 0 Å². The van der Waals surface area contributed by atoms with Crippen LogP contribution >= 0.6 is 11.3 Å². The third-order valence-electron chi connectivity index (χ3n) is 5.01. The zero-order chi connectivity index (χ0) is 19.7. The van der Waals surface area contributed by atoms with Gasteiger partial charge in [0.05, 0.1) is 18.7 Å². The number of nitrogens with one attached hydrogen (secondary N) is 1. The van der Waals surface area contributed by atoms with Gasteiger partial charge in [-0.05, 0) is 54.6 Å². The molecule has 7 nitrogen and oxygen atoms in total. The Kier molecular flexibility index (Phi) is 4.95. The van der Waals surface area contributed by atoms with E-state index >= 15 is 0 Å². The van der Waals surface area contributed by atoms with Crippen LogP contribution in [0, 0.1) is 19.8 Å². The number of hydrogen-bond acceptors (Lipinski definition) is 5. The molecule has 3 aromatic rings. The van der Waals surface area contributed by atoms with Gasteiger partial charge in [-0.15, -0.1) is 16.4 Å². The Morgan fingerprint density at radius 1 is 1.29 bits per heavy atom. The lowest BCUT2D eigenvalue weighted by Crippen LogP contribution is -2.32. The van der Waals surface area contributed by atoms with Crippen molar-refractivity contribution in [2.45, 2.75) is 26.8 Å². The van der Waals surface area contributed by atoms with Gasteiger partial charge < -0.3 is 10.2 Å².